The number of carboxylic acids is 1. The first-order valence-corrected chi connectivity index (χ1v) is 7.75. The minimum atomic E-state index is -1.09. The molecule has 5 nitrogen and oxygen atoms in total. The van der Waals surface area contributed by atoms with E-state index in [0.29, 0.717) is 24.3 Å². The fourth-order valence-corrected chi connectivity index (χ4v) is 2.99. The van der Waals surface area contributed by atoms with Crippen LogP contribution in [0, 0.1) is 13.8 Å². The molecule has 0 aromatic heterocycles. The Kier molecular flexibility index (Phi) is 4.36. The molecule has 0 saturated carbocycles. The van der Waals surface area contributed by atoms with Gasteiger partial charge in [-0.25, -0.2) is 4.79 Å². The van der Waals surface area contributed by atoms with Crippen LogP contribution in [0.5, 0.6) is 0 Å². The van der Waals surface area contributed by atoms with Crippen LogP contribution >= 0.6 is 0 Å². The lowest BCUT2D eigenvalue weighted by atomic mass is 10.0. The van der Waals surface area contributed by atoms with Gasteiger partial charge in [-0.15, -0.1) is 0 Å². The van der Waals surface area contributed by atoms with Crippen molar-refractivity contribution in [2.45, 2.75) is 33.1 Å². The van der Waals surface area contributed by atoms with Gasteiger partial charge in [0.25, 0.3) is 5.91 Å². The Morgan fingerprint density at radius 1 is 1.04 bits per heavy atom. The van der Waals surface area contributed by atoms with Crippen LogP contribution in [-0.2, 0) is 22.7 Å². The summed E-state index contributed by atoms with van der Waals surface area (Å²) in [5, 5.41) is 12.1. The van der Waals surface area contributed by atoms with Crippen molar-refractivity contribution in [3.63, 3.8) is 0 Å². The Morgan fingerprint density at radius 3 is 2.38 bits per heavy atom. The zero-order valence-electron chi connectivity index (χ0n) is 13.6. The van der Waals surface area contributed by atoms with Gasteiger partial charge in [-0.1, -0.05) is 35.4 Å². The molecular weight excluding hydrogens is 306 g/mol. The molecule has 1 atom stereocenters. The Hall–Kier alpha value is -2.66. The lowest BCUT2D eigenvalue weighted by molar-refractivity contribution is -0.139. The zero-order valence-corrected chi connectivity index (χ0v) is 13.6. The number of carboxylic acid groups (broad SMARTS) is 1. The van der Waals surface area contributed by atoms with E-state index in [4.69, 9.17) is 4.74 Å². The number of amides is 1. The molecule has 3 rings (SSSR count). The molecule has 0 spiro atoms. The lowest BCUT2D eigenvalue weighted by Crippen LogP contribution is -2.33. The van der Waals surface area contributed by atoms with Gasteiger partial charge in [0.15, 0.2) is 6.04 Å². The van der Waals surface area contributed by atoms with Crippen molar-refractivity contribution in [3.05, 3.63) is 69.8 Å². The van der Waals surface area contributed by atoms with Crippen molar-refractivity contribution < 1.29 is 19.4 Å². The normalized spacial score (nSPS) is 14.1. The standard InChI is InChI=1S/C19H19NO4/c1-11-5-12(2)7-15(6-11)17(19(22)23)20-18(21)13-3-4-14-9-24-10-16(14)8-13/h3-8,17H,9-10H2,1-2H3,(H,20,21)(H,22,23). The second-order valence-corrected chi connectivity index (χ2v) is 6.14. The maximum Gasteiger partial charge on any atom is 0.330 e. The van der Waals surface area contributed by atoms with Crippen molar-refractivity contribution in [1.82, 2.24) is 5.32 Å². The molecule has 5 heteroatoms. The van der Waals surface area contributed by atoms with Crippen molar-refractivity contribution >= 4 is 11.9 Å². The van der Waals surface area contributed by atoms with Crippen LogP contribution in [0.1, 0.15) is 44.2 Å². The second kappa shape index (κ2) is 6.45. The van der Waals surface area contributed by atoms with Crippen LogP contribution in [0.25, 0.3) is 0 Å². The van der Waals surface area contributed by atoms with Gasteiger partial charge >= 0.3 is 5.97 Å². The highest BCUT2D eigenvalue weighted by molar-refractivity contribution is 5.97. The molecule has 0 saturated heterocycles. The first-order chi connectivity index (χ1) is 11.4. The van der Waals surface area contributed by atoms with Crippen LogP contribution < -0.4 is 5.32 Å². The zero-order chi connectivity index (χ0) is 17.3. The first-order valence-electron chi connectivity index (χ1n) is 7.75. The quantitative estimate of drug-likeness (QED) is 0.906. The molecule has 1 heterocycles. The Balaban J connectivity index is 1.85. The van der Waals surface area contributed by atoms with Crippen LogP contribution in [0.2, 0.25) is 0 Å². The van der Waals surface area contributed by atoms with Gasteiger partial charge < -0.3 is 15.2 Å². The van der Waals surface area contributed by atoms with E-state index in [9.17, 15) is 14.7 Å². The van der Waals surface area contributed by atoms with Gasteiger partial charge in [-0.3, -0.25) is 4.79 Å². The van der Waals surface area contributed by atoms with Gasteiger partial charge in [-0.2, -0.15) is 0 Å². The summed E-state index contributed by atoms with van der Waals surface area (Å²) in [5.74, 6) is -1.49. The molecule has 1 amide bonds. The van der Waals surface area contributed by atoms with E-state index in [-0.39, 0.29) is 0 Å². The van der Waals surface area contributed by atoms with E-state index >= 15 is 0 Å². The minimum Gasteiger partial charge on any atom is -0.479 e. The van der Waals surface area contributed by atoms with Crippen LogP contribution in [0.15, 0.2) is 36.4 Å². The SMILES string of the molecule is Cc1cc(C)cc(C(NC(=O)c2ccc3c(c2)COC3)C(=O)O)c1. The molecule has 2 aromatic rings. The highest BCUT2D eigenvalue weighted by Crippen LogP contribution is 2.22. The number of hydrogen-bond acceptors (Lipinski definition) is 3. The summed E-state index contributed by atoms with van der Waals surface area (Å²) < 4.78 is 5.34. The number of carbonyl (C=O) groups excluding carboxylic acids is 1. The van der Waals surface area contributed by atoms with Gasteiger partial charge in [0.1, 0.15) is 0 Å². The van der Waals surface area contributed by atoms with Crippen LogP contribution in [-0.4, -0.2) is 17.0 Å². The molecule has 0 bridgehead atoms. The summed E-state index contributed by atoms with van der Waals surface area (Å²) in [6.07, 6.45) is 0. The largest absolute Gasteiger partial charge is 0.479 e. The van der Waals surface area contributed by atoms with Crippen molar-refractivity contribution in [1.29, 1.82) is 0 Å². The number of aliphatic carboxylic acids is 1. The van der Waals surface area contributed by atoms with E-state index in [1.807, 2.05) is 26.0 Å². The average molecular weight is 325 g/mol. The number of rotatable bonds is 4. The third-order valence-corrected chi connectivity index (χ3v) is 4.08. The molecule has 2 aromatic carbocycles. The predicted octanol–water partition coefficient (Wildman–Crippen LogP) is 2.89. The Bertz CT molecular complexity index is 793. The fourth-order valence-electron chi connectivity index (χ4n) is 2.99. The fraction of sp³-hybridized carbons (Fsp3) is 0.263. The molecule has 124 valence electrons. The molecular formula is C19H19NO4. The van der Waals surface area contributed by atoms with Gasteiger partial charge in [-0.05, 0) is 42.7 Å². The molecule has 1 aliphatic rings. The number of aryl methyl sites for hydroxylation is 2. The number of benzene rings is 2. The Morgan fingerprint density at radius 2 is 1.71 bits per heavy atom. The van der Waals surface area contributed by atoms with E-state index < -0.39 is 17.9 Å². The number of carbonyl (C=O) groups is 2. The summed E-state index contributed by atoms with van der Waals surface area (Å²) in [6.45, 7) is 4.84. The predicted molar refractivity (Wildman–Crippen MR) is 88.7 cm³/mol. The van der Waals surface area contributed by atoms with E-state index in [1.54, 1.807) is 24.3 Å². The summed E-state index contributed by atoms with van der Waals surface area (Å²) >= 11 is 0. The van der Waals surface area contributed by atoms with E-state index in [0.717, 1.165) is 22.3 Å². The smallest absolute Gasteiger partial charge is 0.330 e. The van der Waals surface area contributed by atoms with Gasteiger partial charge in [0.05, 0.1) is 13.2 Å². The molecule has 0 radical (unpaired) electrons. The Labute approximate surface area is 140 Å². The highest BCUT2D eigenvalue weighted by Gasteiger charge is 2.24. The molecule has 0 aliphatic carbocycles. The first kappa shape index (κ1) is 16.2. The highest BCUT2D eigenvalue weighted by atomic mass is 16.5. The average Bonchev–Trinajstić information content (AvgIpc) is 2.98. The monoisotopic (exact) mass is 325 g/mol. The minimum absolute atomic E-state index is 0.406. The molecule has 1 aliphatic heterocycles. The third kappa shape index (κ3) is 3.31. The van der Waals surface area contributed by atoms with Crippen molar-refractivity contribution in [2.24, 2.45) is 0 Å². The number of fused-ring (bicyclic) bond motifs is 1. The molecule has 1 unspecified atom stereocenters. The molecule has 2 N–H and O–H groups in total. The van der Waals surface area contributed by atoms with Crippen LogP contribution in [0.3, 0.4) is 0 Å². The van der Waals surface area contributed by atoms with Gasteiger partial charge in [0.2, 0.25) is 0 Å². The number of nitrogens with one attached hydrogen (secondary N) is 1. The topological polar surface area (TPSA) is 75.6 Å². The third-order valence-electron chi connectivity index (χ3n) is 4.08. The van der Waals surface area contributed by atoms with E-state index in [1.165, 1.54) is 0 Å². The lowest BCUT2D eigenvalue weighted by Gasteiger charge is -2.16. The molecule has 24 heavy (non-hydrogen) atoms. The maximum atomic E-state index is 12.5. The summed E-state index contributed by atoms with van der Waals surface area (Å²) in [7, 11) is 0. The van der Waals surface area contributed by atoms with Crippen molar-refractivity contribution in [2.75, 3.05) is 0 Å². The second-order valence-electron chi connectivity index (χ2n) is 6.14. The maximum absolute atomic E-state index is 12.5. The van der Waals surface area contributed by atoms with E-state index in [2.05, 4.69) is 5.32 Å². The number of hydrogen-bond donors (Lipinski definition) is 2. The summed E-state index contributed by atoms with van der Waals surface area (Å²) in [4.78, 5) is 24.1. The summed E-state index contributed by atoms with van der Waals surface area (Å²) in [6, 6.07) is 9.75. The van der Waals surface area contributed by atoms with Crippen LogP contribution in [0.4, 0.5) is 0 Å². The number of ether oxygens (including phenoxy) is 1. The molecule has 0 fully saturated rings. The van der Waals surface area contributed by atoms with Crippen molar-refractivity contribution in [3.8, 4) is 0 Å². The van der Waals surface area contributed by atoms with Gasteiger partial charge in [0, 0.05) is 5.56 Å². The summed E-state index contributed by atoms with van der Waals surface area (Å²) in [5.41, 5.74) is 4.96.